The Morgan fingerprint density at radius 1 is 1.55 bits per heavy atom. The molecular weight excluding hydrogens is 251 g/mol. The number of ether oxygens (including phenoxy) is 1. The van der Waals surface area contributed by atoms with Crippen LogP contribution in [-0.2, 0) is 4.74 Å². The molecule has 2 heteroatoms. The van der Waals surface area contributed by atoms with Gasteiger partial charge in [0.25, 0.3) is 0 Å². The van der Waals surface area contributed by atoms with Gasteiger partial charge in [-0.15, -0.1) is 0 Å². The van der Waals surface area contributed by atoms with Crippen molar-refractivity contribution in [3.8, 4) is 0 Å². The number of halogens is 1. The molecule has 0 N–H and O–H groups in total. The Balaban J connectivity index is 2.14. The van der Waals surface area contributed by atoms with Crippen LogP contribution in [0.15, 0.2) is 0 Å². The topological polar surface area (TPSA) is 9.23 Å². The van der Waals surface area contributed by atoms with Gasteiger partial charge in [-0.1, -0.05) is 29.0 Å². The Kier molecular flexibility index (Phi) is 2.17. The molecular formula is C9H15IO. The minimum atomic E-state index is 0.224. The van der Waals surface area contributed by atoms with Gasteiger partial charge >= 0.3 is 0 Å². The molecule has 2 aliphatic rings. The first-order chi connectivity index (χ1) is 5.24. The lowest BCUT2D eigenvalue weighted by atomic mass is 9.81. The standard InChI is InChI=1S/C9H15IO/c1-9(6-10)7-3-2-4-8(5-7)11-9/h7-8H,2-6H2,1H3/t7-,8+,9?/m1/s1. The van der Waals surface area contributed by atoms with Gasteiger partial charge in [0.05, 0.1) is 11.7 Å². The molecule has 1 heterocycles. The fourth-order valence-electron chi connectivity index (χ4n) is 2.42. The monoisotopic (exact) mass is 266 g/mol. The molecule has 1 nitrogen and oxygen atoms in total. The summed E-state index contributed by atoms with van der Waals surface area (Å²) in [5.74, 6) is 0.859. The number of hydrogen-bond donors (Lipinski definition) is 0. The average Bonchev–Trinajstić information content (AvgIpc) is 2.25. The van der Waals surface area contributed by atoms with E-state index in [1.165, 1.54) is 25.7 Å². The molecule has 0 aromatic carbocycles. The number of hydrogen-bond acceptors (Lipinski definition) is 1. The van der Waals surface area contributed by atoms with Gasteiger partial charge in [-0.05, 0) is 32.1 Å². The maximum atomic E-state index is 6.01. The summed E-state index contributed by atoms with van der Waals surface area (Å²) in [5.41, 5.74) is 0.224. The van der Waals surface area contributed by atoms with Crippen LogP contribution in [0.25, 0.3) is 0 Å². The maximum absolute atomic E-state index is 6.01. The SMILES string of the molecule is CC1(CI)O[C@H]2CCC[C@@H]1C2. The van der Waals surface area contributed by atoms with Crippen LogP contribution in [0.3, 0.4) is 0 Å². The van der Waals surface area contributed by atoms with E-state index in [0.717, 1.165) is 10.3 Å². The second kappa shape index (κ2) is 2.87. The van der Waals surface area contributed by atoms with E-state index in [9.17, 15) is 0 Å². The van der Waals surface area contributed by atoms with Crippen LogP contribution in [0.5, 0.6) is 0 Å². The van der Waals surface area contributed by atoms with Crippen molar-refractivity contribution in [1.82, 2.24) is 0 Å². The van der Waals surface area contributed by atoms with Crippen LogP contribution < -0.4 is 0 Å². The molecule has 0 aromatic heterocycles. The third-order valence-electron chi connectivity index (χ3n) is 3.19. The molecule has 0 amide bonds. The zero-order valence-corrected chi connectivity index (χ0v) is 9.13. The Morgan fingerprint density at radius 2 is 2.36 bits per heavy atom. The molecule has 1 saturated carbocycles. The third kappa shape index (κ3) is 1.32. The van der Waals surface area contributed by atoms with E-state index in [-0.39, 0.29) is 5.60 Å². The van der Waals surface area contributed by atoms with Crippen LogP contribution in [-0.4, -0.2) is 16.1 Å². The van der Waals surface area contributed by atoms with Crippen molar-refractivity contribution >= 4 is 22.6 Å². The molecule has 2 rings (SSSR count). The summed E-state index contributed by atoms with van der Waals surface area (Å²) in [6.45, 7) is 2.29. The van der Waals surface area contributed by atoms with Gasteiger partial charge in [-0.3, -0.25) is 0 Å². The highest BCUT2D eigenvalue weighted by Gasteiger charge is 2.45. The van der Waals surface area contributed by atoms with E-state index >= 15 is 0 Å². The van der Waals surface area contributed by atoms with Crippen molar-refractivity contribution < 1.29 is 4.74 Å². The molecule has 1 aliphatic heterocycles. The average molecular weight is 266 g/mol. The second-order valence-electron chi connectivity index (χ2n) is 4.05. The van der Waals surface area contributed by atoms with Crippen LogP contribution in [0, 0.1) is 5.92 Å². The van der Waals surface area contributed by atoms with Crippen LogP contribution in [0.2, 0.25) is 0 Å². The zero-order valence-electron chi connectivity index (χ0n) is 6.98. The van der Waals surface area contributed by atoms with Crippen LogP contribution in [0.4, 0.5) is 0 Å². The van der Waals surface area contributed by atoms with E-state index < -0.39 is 0 Å². The molecule has 1 unspecified atom stereocenters. The van der Waals surface area contributed by atoms with Gasteiger partial charge in [-0.25, -0.2) is 0 Å². The first-order valence-electron chi connectivity index (χ1n) is 4.48. The Hall–Kier alpha value is 0.690. The van der Waals surface area contributed by atoms with E-state index in [0.29, 0.717) is 6.10 Å². The molecule has 0 aromatic rings. The normalized spacial score (nSPS) is 49.6. The first-order valence-corrected chi connectivity index (χ1v) is 6.01. The molecule has 1 aliphatic carbocycles. The van der Waals surface area contributed by atoms with E-state index in [1.807, 2.05) is 0 Å². The molecule has 0 spiro atoms. The van der Waals surface area contributed by atoms with Gasteiger partial charge in [-0.2, -0.15) is 0 Å². The van der Waals surface area contributed by atoms with Crippen molar-refractivity contribution in [1.29, 1.82) is 0 Å². The summed E-state index contributed by atoms with van der Waals surface area (Å²) in [6, 6.07) is 0. The highest BCUT2D eigenvalue weighted by atomic mass is 127. The summed E-state index contributed by atoms with van der Waals surface area (Å²) < 4.78 is 7.17. The minimum absolute atomic E-state index is 0.224. The van der Waals surface area contributed by atoms with Gasteiger partial charge in [0.15, 0.2) is 0 Å². The van der Waals surface area contributed by atoms with Gasteiger partial charge < -0.3 is 4.74 Å². The van der Waals surface area contributed by atoms with Crippen molar-refractivity contribution in [2.24, 2.45) is 5.92 Å². The summed E-state index contributed by atoms with van der Waals surface area (Å²) in [4.78, 5) is 0. The fourth-order valence-corrected chi connectivity index (χ4v) is 3.23. The largest absolute Gasteiger partial charge is 0.371 e. The predicted molar refractivity (Wildman–Crippen MR) is 54.1 cm³/mol. The quantitative estimate of drug-likeness (QED) is 0.524. The number of rotatable bonds is 1. The molecule has 11 heavy (non-hydrogen) atoms. The smallest absolute Gasteiger partial charge is 0.0776 e. The first kappa shape index (κ1) is 8.30. The lowest BCUT2D eigenvalue weighted by molar-refractivity contribution is -0.0174. The summed E-state index contributed by atoms with van der Waals surface area (Å²) in [7, 11) is 0. The Labute approximate surface area is 82.0 Å². The highest BCUT2D eigenvalue weighted by molar-refractivity contribution is 14.1. The fraction of sp³-hybridized carbons (Fsp3) is 1.00. The van der Waals surface area contributed by atoms with Crippen molar-refractivity contribution in [3.05, 3.63) is 0 Å². The maximum Gasteiger partial charge on any atom is 0.0776 e. The summed E-state index contributed by atoms with van der Waals surface area (Å²) in [5, 5.41) is 0. The van der Waals surface area contributed by atoms with Gasteiger partial charge in [0.2, 0.25) is 0 Å². The number of fused-ring (bicyclic) bond motifs is 2. The molecule has 2 fully saturated rings. The highest BCUT2D eigenvalue weighted by Crippen LogP contribution is 2.45. The van der Waals surface area contributed by atoms with Gasteiger partial charge in [0.1, 0.15) is 0 Å². The van der Waals surface area contributed by atoms with Crippen LogP contribution in [0.1, 0.15) is 32.6 Å². The molecule has 1 saturated heterocycles. The van der Waals surface area contributed by atoms with Crippen LogP contribution >= 0.6 is 22.6 Å². The summed E-state index contributed by atoms with van der Waals surface area (Å²) >= 11 is 2.46. The number of alkyl halides is 1. The minimum Gasteiger partial charge on any atom is -0.371 e. The van der Waals surface area contributed by atoms with Crippen molar-refractivity contribution in [3.63, 3.8) is 0 Å². The van der Waals surface area contributed by atoms with E-state index in [2.05, 4.69) is 29.5 Å². The second-order valence-corrected chi connectivity index (χ2v) is 4.81. The molecule has 3 atom stereocenters. The lowest BCUT2D eigenvalue weighted by Crippen LogP contribution is -2.32. The predicted octanol–water partition coefficient (Wildman–Crippen LogP) is 2.77. The van der Waals surface area contributed by atoms with E-state index in [1.54, 1.807) is 0 Å². The molecule has 2 bridgehead atoms. The Bertz CT molecular complexity index is 160. The van der Waals surface area contributed by atoms with E-state index in [4.69, 9.17) is 4.74 Å². The van der Waals surface area contributed by atoms with Crippen molar-refractivity contribution in [2.45, 2.75) is 44.3 Å². The lowest BCUT2D eigenvalue weighted by Gasteiger charge is -2.27. The molecule has 64 valence electrons. The van der Waals surface area contributed by atoms with Crippen molar-refractivity contribution in [2.75, 3.05) is 4.43 Å². The zero-order chi connectivity index (χ0) is 7.90. The molecule has 0 radical (unpaired) electrons. The van der Waals surface area contributed by atoms with Gasteiger partial charge in [0, 0.05) is 4.43 Å². The third-order valence-corrected chi connectivity index (χ3v) is 4.71. The Morgan fingerprint density at radius 3 is 3.00 bits per heavy atom. The summed E-state index contributed by atoms with van der Waals surface area (Å²) in [6.07, 6.45) is 6.04.